The molecule has 1 heterocycles. The van der Waals surface area contributed by atoms with Gasteiger partial charge < -0.3 is 15.4 Å². The Morgan fingerprint density at radius 3 is 2.81 bits per heavy atom. The number of hydrogen-bond acceptors (Lipinski definition) is 3. The SMILES string of the molecule is CCC(N)C(CC(=O)O)c1cncn1CC. The van der Waals surface area contributed by atoms with Gasteiger partial charge in [-0.1, -0.05) is 6.92 Å². The van der Waals surface area contributed by atoms with Crippen LogP contribution >= 0.6 is 0 Å². The highest BCUT2D eigenvalue weighted by molar-refractivity contribution is 5.68. The van der Waals surface area contributed by atoms with E-state index in [0.717, 1.165) is 18.7 Å². The van der Waals surface area contributed by atoms with Crippen molar-refractivity contribution in [2.24, 2.45) is 5.73 Å². The maximum absolute atomic E-state index is 10.8. The molecule has 1 aromatic rings. The van der Waals surface area contributed by atoms with Gasteiger partial charge in [-0.3, -0.25) is 4.79 Å². The number of imidazole rings is 1. The van der Waals surface area contributed by atoms with Gasteiger partial charge in [-0.05, 0) is 13.3 Å². The van der Waals surface area contributed by atoms with Gasteiger partial charge in [0.2, 0.25) is 0 Å². The molecule has 5 nitrogen and oxygen atoms in total. The molecule has 0 aromatic carbocycles. The lowest BCUT2D eigenvalue weighted by Gasteiger charge is -2.22. The van der Waals surface area contributed by atoms with E-state index >= 15 is 0 Å². The van der Waals surface area contributed by atoms with Crippen LogP contribution in [0.4, 0.5) is 0 Å². The third kappa shape index (κ3) is 2.82. The zero-order valence-electron chi connectivity index (χ0n) is 9.76. The first-order valence-electron chi connectivity index (χ1n) is 5.57. The molecule has 2 atom stereocenters. The Morgan fingerprint density at radius 1 is 1.62 bits per heavy atom. The minimum Gasteiger partial charge on any atom is -0.481 e. The number of aliphatic carboxylic acids is 1. The third-order valence-electron chi connectivity index (χ3n) is 2.85. The fourth-order valence-electron chi connectivity index (χ4n) is 1.85. The number of nitrogens with two attached hydrogens (primary N) is 1. The van der Waals surface area contributed by atoms with Crippen molar-refractivity contribution in [3.63, 3.8) is 0 Å². The molecule has 1 rings (SSSR count). The number of carboxylic acid groups (broad SMARTS) is 1. The summed E-state index contributed by atoms with van der Waals surface area (Å²) in [5.41, 5.74) is 6.89. The van der Waals surface area contributed by atoms with Crippen LogP contribution in [0.3, 0.4) is 0 Å². The number of rotatable bonds is 6. The van der Waals surface area contributed by atoms with Gasteiger partial charge in [-0.15, -0.1) is 0 Å². The molecule has 0 aliphatic rings. The quantitative estimate of drug-likeness (QED) is 0.762. The second-order valence-electron chi connectivity index (χ2n) is 3.88. The summed E-state index contributed by atoms with van der Waals surface area (Å²) >= 11 is 0. The van der Waals surface area contributed by atoms with Crippen LogP contribution in [0.5, 0.6) is 0 Å². The average molecular weight is 225 g/mol. The molecule has 0 amide bonds. The van der Waals surface area contributed by atoms with E-state index in [1.54, 1.807) is 12.5 Å². The van der Waals surface area contributed by atoms with Gasteiger partial charge in [0.1, 0.15) is 0 Å². The molecular formula is C11H19N3O2. The minimum atomic E-state index is -0.822. The highest BCUT2D eigenvalue weighted by Gasteiger charge is 2.24. The number of nitrogens with zero attached hydrogens (tertiary/aromatic N) is 2. The molecule has 3 N–H and O–H groups in total. The molecule has 5 heteroatoms. The number of carboxylic acids is 1. The van der Waals surface area contributed by atoms with Crippen molar-refractivity contribution < 1.29 is 9.90 Å². The van der Waals surface area contributed by atoms with Gasteiger partial charge in [0.05, 0.1) is 12.7 Å². The van der Waals surface area contributed by atoms with E-state index in [1.807, 2.05) is 18.4 Å². The molecule has 0 saturated carbocycles. The first-order chi connectivity index (χ1) is 7.60. The predicted molar refractivity (Wildman–Crippen MR) is 61.2 cm³/mol. The first-order valence-corrected chi connectivity index (χ1v) is 5.57. The largest absolute Gasteiger partial charge is 0.481 e. The van der Waals surface area contributed by atoms with Gasteiger partial charge in [-0.25, -0.2) is 4.98 Å². The summed E-state index contributed by atoms with van der Waals surface area (Å²) in [5.74, 6) is -0.984. The summed E-state index contributed by atoms with van der Waals surface area (Å²) in [4.78, 5) is 14.9. The fourth-order valence-corrected chi connectivity index (χ4v) is 1.85. The van der Waals surface area contributed by atoms with Crippen LogP contribution in [-0.4, -0.2) is 26.7 Å². The van der Waals surface area contributed by atoms with Crippen molar-refractivity contribution >= 4 is 5.97 Å². The maximum atomic E-state index is 10.8. The average Bonchev–Trinajstić information content (AvgIpc) is 2.72. The lowest BCUT2D eigenvalue weighted by Crippen LogP contribution is -2.30. The van der Waals surface area contributed by atoms with E-state index in [0.29, 0.717) is 0 Å². The third-order valence-corrected chi connectivity index (χ3v) is 2.85. The second kappa shape index (κ2) is 5.65. The van der Waals surface area contributed by atoms with Crippen molar-refractivity contribution in [1.29, 1.82) is 0 Å². The minimum absolute atomic E-state index is 0.0562. The van der Waals surface area contributed by atoms with Gasteiger partial charge >= 0.3 is 5.97 Å². The predicted octanol–water partition coefficient (Wildman–Crippen LogP) is 1.20. The highest BCUT2D eigenvalue weighted by atomic mass is 16.4. The Kier molecular flexibility index (Phi) is 4.49. The van der Waals surface area contributed by atoms with Crippen molar-refractivity contribution in [2.75, 3.05) is 0 Å². The molecule has 0 fully saturated rings. The summed E-state index contributed by atoms with van der Waals surface area (Å²) in [6.45, 7) is 4.74. The van der Waals surface area contributed by atoms with E-state index in [4.69, 9.17) is 10.8 Å². The Morgan fingerprint density at radius 2 is 2.31 bits per heavy atom. The molecule has 0 radical (unpaired) electrons. The summed E-state index contributed by atoms with van der Waals surface area (Å²) in [6.07, 6.45) is 4.24. The van der Waals surface area contributed by atoms with Crippen LogP contribution in [0, 0.1) is 0 Å². The Labute approximate surface area is 95.3 Å². The second-order valence-corrected chi connectivity index (χ2v) is 3.88. The topological polar surface area (TPSA) is 81.1 Å². The van der Waals surface area contributed by atoms with Crippen LogP contribution in [0.2, 0.25) is 0 Å². The summed E-state index contributed by atoms with van der Waals surface area (Å²) in [5, 5.41) is 8.91. The number of hydrogen-bond donors (Lipinski definition) is 2. The van der Waals surface area contributed by atoms with Crippen LogP contribution in [0.25, 0.3) is 0 Å². The Hall–Kier alpha value is -1.36. The number of aryl methyl sites for hydroxylation is 1. The van der Waals surface area contributed by atoms with Crippen LogP contribution < -0.4 is 5.73 Å². The molecule has 0 aliphatic heterocycles. The van der Waals surface area contributed by atoms with E-state index in [2.05, 4.69) is 4.98 Å². The van der Waals surface area contributed by atoms with Crippen LogP contribution in [0.15, 0.2) is 12.5 Å². The molecular weight excluding hydrogens is 206 g/mol. The van der Waals surface area contributed by atoms with Crippen molar-refractivity contribution in [1.82, 2.24) is 9.55 Å². The fraction of sp³-hybridized carbons (Fsp3) is 0.636. The van der Waals surface area contributed by atoms with Crippen LogP contribution in [-0.2, 0) is 11.3 Å². The molecule has 90 valence electrons. The molecule has 2 unspecified atom stereocenters. The van der Waals surface area contributed by atoms with Gasteiger partial charge in [-0.2, -0.15) is 0 Å². The summed E-state index contributed by atoms with van der Waals surface area (Å²) in [6, 6.07) is -0.141. The van der Waals surface area contributed by atoms with Gasteiger partial charge in [0, 0.05) is 30.4 Å². The zero-order chi connectivity index (χ0) is 12.1. The smallest absolute Gasteiger partial charge is 0.304 e. The monoisotopic (exact) mass is 225 g/mol. The molecule has 16 heavy (non-hydrogen) atoms. The molecule has 0 aliphatic carbocycles. The van der Waals surface area contributed by atoms with Gasteiger partial charge in [0.15, 0.2) is 0 Å². The Balaban J connectivity index is 2.95. The van der Waals surface area contributed by atoms with Gasteiger partial charge in [0.25, 0.3) is 0 Å². The lowest BCUT2D eigenvalue weighted by atomic mass is 9.92. The van der Waals surface area contributed by atoms with Crippen molar-refractivity contribution in [2.45, 2.75) is 45.2 Å². The van der Waals surface area contributed by atoms with E-state index < -0.39 is 5.97 Å². The van der Waals surface area contributed by atoms with E-state index in [9.17, 15) is 4.79 Å². The molecule has 0 bridgehead atoms. The standard InChI is InChI=1S/C11H19N3O2/c1-3-9(12)8(5-11(15)16)10-6-13-7-14(10)4-2/h6-9H,3-5,12H2,1-2H3,(H,15,16). The zero-order valence-corrected chi connectivity index (χ0v) is 9.76. The number of carbonyl (C=O) groups is 1. The molecule has 0 saturated heterocycles. The van der Waals surface area contributed by atoms with E-state index in [1.165, 1.54) is 0 Å². The Bertz CT molecular complexity index is 349. The highest BCUT2D eigenvalue weighted by Crippen LogP contribution is 2.24. The number of aromatic nitrogens is 2. The van der Waals surface area contributed by atoms with Crippen molar-refractivity contribution in [3.8, 4) is 0 Å². The normalized spacial score (nSPS) is 14.7. The summed E-state index contributed by atoms with van der Waals surface area (Å²) in [7, 11) is 0. The van der Waals surface area contributed by atoms with Crippen molar-refractivity contribution in [3.05, 3.63) is 18.2 Å². The molecule has 1 aromatic heterocycles. The lowest BCUT2D eigenvalue weighted by molar-refractivity contribution is -0.137. The summed E-state index contributed by atoms with van der Waals surface area (Å²) < 4.78 is 1.95. The maximum Gasteiger partial charge on any atom is 0.304 e. The first kappa shape index (κ1) is 12.7. The van der Waals surface area contributed by atoms with E-state index in [-0.39, 0.29) is 18.4 Å². The molecule has 0 spiro atoms. The van der Waals surface area contributed by atoms with Crippen LogP contribution in [0.1, 0.15) is 38.3 Å².